The number of carbonyl (C=O) groups is 2. The van der Waals surface area contributed by atoms with Gasteiger partial charge >= 0.3 is 11.9 Å². The van der Waals surface area contributed by atoms with Crippen molar-refractivity contribution < 1.29 is 24.2 Å². The monoisotopic (exact) mass is 359 g/mol. The Labute approximate surface area is 153 Å². The molecule has 0 spiro atoms. The molecule has 6 nitrogen and oxygen atoms in total. The van der Waals surface area contributed by atoms with Crippen molar-refractivity contribution in [3.8, 4) is 0 Å². The summed E-state index contributed by atoms with van der Waals surface area (Å²) in [6, 6.07) is 0. The molecule has 6 heteroatoms. The smallest absolute Gasteiger partial charge is 0.339 e. The van der Waals surface area contributed by atoms with Crippen LogP contribution in [-0.2, 0) is 19.1 Å². The molecule has 140 valence electrons. The third-order valence-electron chi connectivity index (χ3n) is 4.07. The topological polar surface area (TPSA) is 98.9 Å². The van der Waals surface area contributed by atoms with E-state index in [-0.39, 0.29) is 5.97 Å². The molecular weight excluding hydrogens is 334 g/mol. The van der Waals surface area contributed by atoms with Gasteiger partial charge in [-0.15, -0.1) is 0 Å². The summed E-state index contributed by atoms with van der Waals surface area (Å²) < 4.78 is 11.1. The fourth-order valence-corrected chi connectivity index (χ4v) is 2.58. The van der Waals surface area contributed by atoms with Gasteiger partial charge in [0, 0.05) is 24.5 Å². The molecule has 26 heavy (non-hydrogen) atoms. The van der Waals surface area contributed by atoms with E-state index in [1.54, 1.807) is 24.3 Å². The lowest BCUT2D eigenvalue weighted by Crippen LogP contribution is -2.12. The Morgan fingerprint density at radius 1 is 1.04 bits per heavy atom. The van der Waals surface area contributed by atoms with Gasteiger partial charge in [0.25, 0.3) is 0 Å². The SMILES string of the molecule is NCCCCOC1=CC=C(C(=O)OC2=CC=C(C=CC(=O)O)CC2)CC1. The van der Waals surface area contributed by atoms with Crippen LogP contribution in [-0.4, -0.2) is 30.2 Å². The van der Waals surface area contributed by atoms with Crippen LogP contribution in [0.15, 0.2) is 59.1 Å². The molecule has 2 aliphatic carbocycles. The van der Waals surface area contributed by atoms with Crippen LogP contribution in [0.5, 0.6) is 0 Å². The summed E-state index contributed by atoms with van der Waals surface area (Å²) in [5, 5.41) is 8.63. The van der Waals surface area contributed by atoms with Crippen LogP contribution in [0.3, 0.4) is 0 Å². The number of unbranched alkanes of at least 4 members (excludes halogenated alkanes) is 1. The van der Waals surface area contributed by atoms with Crippen molar-refractivity contribution in [1.29, 1.82) is 0 Å². The number of esters is 1. The van der Waals surface area contributed by atoms with Gasteiger partial charge in [-0.3, -0.25) is 0 Å². The van der Waals surface area contributed by atoms with Gasteiger partial charge in [0.1, 0.15) is 5.76 Å². The second-order valence-electron chi connectivity index (χ2n) is 6.10. The number of rotatable bonds is 9. The molecular formula is C20H25NO5. The molecule has 0 fully saturated rings. The summed E-state index contributed by atoms with van der Waals surface area (Å²) in [6.07, 6.45) is 14.1. The predicted molar refractivity (Wildman–Crippen MR) is 97.9 cm³/mol. The number of ether oxygens (including phenoxy) is 2. The summed E-state index contributed by atoms with van der Waals surface area (Å²) in [7, 11) is 0. The molecule has 0 aliphatic heterocycles. The largest absolute Gasteiger partial charge is 0.498 e. The molecule has 0 saturated heterocycles. The number of hydrogen-bond acceptors (Lipinski definition) is 5. The summed E-state index contributed by atoms with van der Waals surface area (Å²) in [5.74, 6) is 0.157. The number of nitrogens with two attached hydrogens (primary N) is 1. The Hall–Kier alpha value is -2.60. The second-order valence-corrected chi connectivity index (χ2v) is 6.10. The van der Waals surface area contributed by atoms with Crippen molar-refractivity contribution in [2.45, 2.75) is 38.5 Å². The first-order valence-corrected chi connectivity index (χ1v) is 8.84. The zero-order valence-corrected chi connectivity index (χ0v) is 14.8. The number of carboxylic acid groups (broad SMARTS) is 1. The van der Waals surface area contributed by atoms with E-state index in [1.165, 1.54) is 0 Å². The quantitative estimate of drug-likeness (QED) is 0.373. The zero-order chi connectivity index (χ0) is 18.8. The average Bonchev–Trinajstić information content (AvgIpc) is 2.65. The van der Waals surface area contributed by atoms with Crippen molar-refractivity contribution in [1.82, 2.24) is 0 Å². The van der Waals surface area contributed by atoms with Crippen molar-refractivity contribution in [2.24, 2.45) is 5.73 Å². The van der Waals surface area contributed by atoms with Gasteiger partial charge in [-0.1, -0.05) is 12.2 Å². The maximum absolute atomic E-state index is 12.2. The summed E-state index contributed by atoms with van der Waals surface area (Å²) in [6.45, 7) is 1.31. The highest BCUT2D eigenvalue weighted by molar-refractivity contribution is 5.89. The summed E-state index contributed by atoms with van der Waals surface area (Å²) in [5.41, 5.74) is 6.96. The molecule has 0 aromatic heterocycles. The van der Waals surface area contributed by atoms with Crippen molar-refractivity contribution >= 4 is 11.9 Å². The molecule has 0 aromatic carbocycles. The Bertz CT molecular complexity index is 682. The van der Waals surface area contributed by atoms with E-state index in [1.807, 2.05) is 6.08 Å². The number of hydrogen-bond donors (Lipinski definition) is 2. The average molecular weight is 359 g/mol. The maximum Gasteiger partial charge on any atom is 0.339 e. The predicted octanol–water partition coefficient (Wildman–Crippen LogP) is 3.13. The highest BCUT2D eigenvalue weighted by atomic mass is 16.5. The van der Waals surface area contributed by atoms with Gasteiger partial charge < -0.3 is 20.3 Å². The summed E-state index contributed by atoms with van der Waals surface area (Å²) >= 11 is 0. The lowest BCUT2D eigenvalue weighted by Gasteiger charge is -2.17. The Morgan fingerprint density at radius 2 is 1.81 bits per heavy atom. The van der Waals surface area contributed by atoms with Crippen LogP contribution in [0.2, 0.25) is 0 Å². The molecule has 0 heterocycles. The van der Waals surface area contributed by atoms with E-state index in [0.717, 1.165) is 30.2 Å². The Balaban J connectivity index is 1.84. The first-order valence-electron chi connectivity index (χ1n) is 8.84. The minimum absolute atomic E-state index is 0.340. The molecule has 0 saturated carbocycles. The minimum Gasteiger partial charge on any atom is -0.498 e. The third kappa shape index (κ3) is 6.72. The van der Waals surface area contributed by atoms with Crippen LogP contribution in [0.4, 0.5) is 0 Å². The van der Waals surface area contributed by atoms with Crippen LogP contribution < -0.4 is 5.73 Å². The van der Waals surface area contributed by atoms with Gasteiger partial charge in [0.2, 0.25) is 0 Å². The maximum atomic E-state index is 12.2. The first-order chi connectivity index (χ1) is 12.6. The van der Waals surface area contributed by atoms with Gasteiger partial charge in [0.05, 0.1) is 12.4 Å². The van der Waals surface area contributed by atoms with E-state index >= 15 is 0 Å². The second kappa shape index (κ2) is 10.4. The lowest BCUT2D eigenvalue weighted by molar-refractivity contribution is -0.135. The van der Waals surface area contributed by atoms with Crippen molar-refractivity contribution in [2.75, 3.05) is 13.2 Å². The minimum atomic E-state index is -0.980. The molecule has 2 aliphatic rings. The van der Waals surface area contributed by atoms with Gasteiger partial charge in [-0.2, -0.15) is 0 Å². The highest BCUT2D eigenvalue weighted by Gasteiger charge is 2.18. The molecule has 0 bridgehead atoms. The number of carboxylic acids is 1. The molecule has 2 rings (SSSR count). The normalized spacial score (nSPS) is 17.1. The van der Waals surface area contributed by atoms with Gasteiger partial charge in [0.15, 0.2) is 0 Å². The third-order valence-corrected chi connectivity index (χ3v) is 4.07. The Morgan fingerprint density at radius 3 is 2.42 bits per heavy atom. The van der Waals surface area contributed by atoms with E-state index < -0.39 is 5.97 Å². The van der Waals surface area contributed by atoms with Crippen molar-refractivity contribution in [3.05, 3.63) is 59.1 Å². The summed E-state index contributed by atoms with van der Waals surface area (Å²) in [4.78, 5) is 22.8. The zero-order valence-electron chi connectivity index (χ0n) is 14.8. The number of allylic oxidation sites excluding steroid dienone is 8. The number of aliphatic carboxylic acids is 1. The fourth-order valence-electron chi connectivity index (χ4n) is 2.58. The van der Waals surface area contributed by atoms with E-state index in [4.69, 9.17) is 20.3 Å². The van der Waals surface area contributed by atoms with Crippen LogP contribution in [0.25, 0.3) is 0 Å². The molecule has 0 unspecified atom stereocenters. The van der Waals surface area contributed by atoms with Crippen LogP contribution in [0, 0.1) is 0 Å². The number of carbonyl (C=O) groups excluding carboxylic acids is 1. The highest BCUT2D eigenvalue weighted by Crippen LogP contribution is 2.24. The molecule has 0 amide bonds. The molecule has 3 N–H and O–H groups in total. The standard InChI is InChI=1S/C20H25NO5/c21-13-1-2-14-25-17-10-6-16(7-11-17)20(24)26-18-8-3-15(4-9-18)5-12-19(22)23/h3,5-6,8,10,12H,1-2,4,7,9,11,13-14,21H2,(H,22,23). The molecule has 0 aromatic rings. The first kappa shape index (κ1) is 19.7. The Kier molecular flexibility index (Phi) is 7.89. The van der Waals surface area contributed by atoms with E-state index in [0.29, 0.717) is 50.2 Å². The fraction of sp³-hybridized carbons (Fsp3) is 0.400. The van der Waals surface area contributed by atoms with Crippen LogP contribution >= 0.6 is 0 Å². The van der Waals surface area contributed by atoms with Crippen LogP contribution in [0.1, 0.15) is 38.5 Å². The van der Waals surface area contributed by atoms with E-state index in [2.05, 4.69) is 0 Å². The van der Waals surface area contributed by atoms with Gasteiger partial charge in [-0.25, -0.2) is 9.59 Å². The molecule has 0 radical (unpaired) electrons. The van der Waals surface area contributed by atoms with Gasteiger partial charge in [-0.05, 0) is 56.0 Å². The molecule has 0 atom stereocenters. The van der Waals surface area contributed by atoms with Crippen molar-refractivity contribution in [3.63, 3.8) is 0 Å². The lowest BCUT2D eigenvalue weighted by atomic mass is 10.0. The van der Waals surface area contributed by atoms with E-state index in [9.17, 15) is 9.59 Å².